The number of benzene rings is 2. The lowest BCUT2D eigenvalue weighted by Gasteiger charge is -2.23. The highest BCUT2D eigenvalue weighted by Crippen LogP contribution is 2.28. The summed E-state index contributed by atoms with van der Waals surface area (Å²) in [4.78, 5) is 22.3. The van der Waals surface area contributed by atoms with Crippen LogP contribution in [0.15, 0.2) is 73.1 Å². The second-order valence-corrected chi connectivity index (χ2v) is 8.04. The maximum absolute atomic E-state index is 13.5. The van der Waals surface area contributed by atoms with Crippen LogP contribution in [0.4, 0.5) is 5.82 Å². The van der Waals surface area contributed by atoms with Crippen molar-refractivity contribution in [3.63, 3.8) is 0 Å². The molecule has 31 heavy (non-hydrogen) atoms. The van der Waals surface area contributed by atoms with E-state index in [1.54, 1.807) is 4.90 Å². The molecule has 0 unspecified atom stereocenters. The number of para-hydroxylation sites is 2. The lowest BCUT2D eigenvalue weighted by molar-refractivity contribution is 0.0785. The smallest absolute Gasteiger partial charge is 0.257 e. The molecule has 6 nitrogen and oxygen atoms in total. The van der Waals surface area contributed by atoms with Gasteiger partial charge in [-0.25, -0.2) is 9.67 Å². The van der Waals surface area contributed by atoms with Crippen molar-refractivity contribution in [3.8, 4) is 5.69 Å². The van der Waals surface area contributed by atoms with Crippen LogP contribution >= 0.6 is 0 Å². The SMILES string of the molecule is CN(Cc1cnn(-c2ccccc2)c1)C(=O)c1cc2ccccc2nc1N1CCCC1. The highest BCUT2D eigenvalue weighted by atomic mass is 16.2. The van der Waals surface area contributed by atoms with Gasteiger partial charge in [0.15, 0.2) is 0 Å². The first kappa shape index (κ1) is 19.3. The van der Waals surface area contributed by atoms with Gasteiger partial charge in [0.2, 0.25) is 0 Å². The Morgan fingerprint density at radius 1 is 1.03 bits per heavy atom. The zero-order valence-electron chi connectivity index (χ0n) is 17.6. The summed E-state index contributed by atoms with van der Waals surface area (Å²) in [6.07, 6.45) is 6.06. The number of rotatable bonds is 5. The highest BCUT2D eigenvalue weighted by Gasteiger charge is 2.24. The van der Waals surface area contributed by atoms with E-state index < -0.39 is 0 Å². The average Bonchev–Trinajstić information content (AvgIpc) is 3.51. The maximum atomic E-state index is 13.5. The third-order valence-corrected chi connectivity index (χ3v) is 5.76. The van der Waals surface area contributed by atoms with Gasteiger partial charge in [-0.2, -0.15) is 5.10 Å². The van der Waals surface area contributed by atoms with E-state index in [-0.39, 0.29) is 5.91 Å². The number of aromatic nitrogens is 3. The molecular formula is C25H25N5O. The second kappa shape index (κ2) is 8.22. The van der Waals surface area contributed by atoms with E-state index in [0.29, 0.717) is 12.1 Å². The molecule has 0 spiro atoms. The van der Waals surface area contributed by atoms with Crippen molar-refractivity contribution in [2.45, 2.75) is 19.4 Å². The third-order valence-electron chi connectivity index (χ3n) is 5.76. The maximum Gasteiger partial charge on any atom is 0.257 e. The van der Waals surface area contributed by atoms with Gasteiger partial charge in [0.25, 0.3) is 5.91 Å². The van der Waals surface area contributed by atoms with Gasteiger partial charge in [0, 0.05) is 43.8 Å². The van der Waals surface area contributed by atoms with Crippen molar-refractivity contribution in [3.05, 3.63) is 84.2 Å². The van der Waals surface area contributed by atoms with Gasteiger partial charge in [0.1, 0.15) is 5.82 Å². The number of pyridine rings is 1. The fourth-order valence-electron chi connectivity index (χ4n) is 4.15. The van der Waals surface area contributed by atoms with Crippen LogP contribution < -0.4 is 4.90 Å². The molecule has 4 aromatic rings. The monoisotopic (exact) mass is 411 g/mol. The van der Waals surface area contributed by atoms with Gasteiger partial charge in [-0.3, -0.25) is 4.79 Å². The Morgan fingerprint density at radius 3 is 2.58 bits per heavy atom. The Balaban J connectivity index is 1.42. The quantitative estimate of drug-likeness (QED) is 0.492. The lowest BCUT2D eigenvalue weighted by Crippen LogP contribution is -2.29. The first-order chi connectivity index (χ1) is 15.2. The molecule has 156 valence electrons. The van der Waals surface area contributed by atoms with Crippen LogP contribution in [0.1, 0.15) is 28.8 Å². The van der Waals surface area contributed by atoms with Crippen molar-refractivity contribution in [2.24, 2.45) is 0 Å². The molecule has 3 heterocycles. The molecule has 1 fully saturated rings. The van der Waals surface area contributed by atoms with E-state index in [1.165, 1.54) is 0 Å². The lowest BCUT2D eigenvalue weighted by atomic mass is 10.1. The number of carbonyl (C=O) groups is 1. The van der Waals surface area contributed by atoms with E-state index in [0.717, 1.165) is 53.9 Å². The van der Waals surface area contributed by atoms with Crippen molar-refractivity contribution in [2.75, 3.05) is 25.0 Å². The molecule has 5 rings (SSSR count). The Hall–Kier alpha value is -3.67. The van der Waals surface area contributed by atoms with Gasteiger partial charge < -0.3 is 9.80 Å². The van der Waals surface area contributed by atoms with Gasteiger partial charge in [0.05, 0.1) is 23.0 Å². The number of fused-ring (bicyclic) bond motifs is 1. The summed E-state index contributed by atoms with van der Waals surface area (Å²) in [5.41, 5.74) is 3.57. The van der Waals surface area contributed by atoms with Crippen molar-refractivity contribution < 1.29 is 4.79 Å². The molecule has 0 radical (unpaired) electrons. The highest BCUT2D eigenvalue weighted by molar-refractivity contribution is 6.02. The van der Waals surface area contributed by atoms with E-state index >= 15 is 0 Å². The number of hydrogen-bond donors (Lipinski definition) is 0. The van der Waals surface area contributed by atoms with Crippen LogP contribution in [0, 0.1) is 0 Å². The van der Waals surface area contributed by atoms with E-state index in [1.807, 2.05) is 84.8 Å². The average molecular weight is 412 g/mol. The largest absolute Gasteiger partial charge is 0.356 e. The number of anilines is 1. The standard InChI is InChI=1S/C25H25N5O/c1-28(17-19-16-26-30(18-19)21-10-3-2-4-11-21)25(31)22-15-20-9-5-6-12-23(20)27-24(22)29-13-7-8-14-29/h2-6,9-12,15-16,18H,7-8,13-14,17H2,1H3. The van der Waals surface area contributed by atoms with Gasteiger partial charge in [-0.1, -0.05) is 36.4 Å². The summed E-state index contributed by atoms with van der Waals surface area (Å²) < 4.78 is 1.83. The molecule has 0 bridgehead atoms. The predicted octanol–water partition coefficient (Wildman–Crippen LogP) is 4.29. The summed E-state index contributed by atoms with van der Waals surface area (Å²) >= 11 is 0. The van der Waals surface area contributed by atoms with Crippen LogP contribution in [0.5, 0.6) is 0 Å². The number of nitrogens with zero attached hydrogens (tertiary/aromatic N) is 5. The number of hydrogen-bond acceptors (Lipinski definition) is 4. The van der Waals surface area contributed by atoms with Crippen molar-refractivity contribution in [1.82, 2.24) is 19.7 Å². The molecule has 6 heteroatoms. The molecule has 1 saturated heterocycles. The van der Waals surface area contributed by atoms with E-state index in [4.69, 9.17) is 4.98 Å². The summed E-state index contributed by atoms with van der Waals surface area (Å²) in [5, 5.41) is 5.44. The molecular weight excluding hydrogens is 386 g/mol. The molecule has 0 saturated carbocycles. The molecule has 0 aliphatic carbocycles. The van der Waals surface area contributed by atoms with Crippen molar-refractivity contribution >= 4 is 22.6 Å². The third kappa shape index (κ3) is 3.89. The second-order valence-electron chi connectivity index (χ2n) is 8.04. The zero-order valence-corrected chi connectivity index (χ0v) is 17.6. The van der Waals surface area contributed by atoms with E-state index in [9.17, 15) is 4.79 Å². The molecule has 2 aromatic heterocycles. The minimum atomic E-state index is -0.0207. The fourth-order valence-corrected chi connectivity index (χ4v) is 4.15. The zero-order chi connectivity index (χ0) is 21.2. The number of amides is 1. The summed E-state index contributed by atoms with van der Waals surface area (Å²) in [5.74, 6) is 0.778. The summed E-state index contributed by atoms with van der Waals surface area (Å²) in [7, 11) is 1.84. The van der Waals surface area contributed by atoms with Crippen LogP contribution in [-0.2, 0) is 6.54 Å². The molecule has 1 aliphatic rings. The molecule has 1 aliphatic heterocycles. The summed E-state index contributed by atoms with van der Waals surface area (Å²) in [6, 6.07) is 19.9. The van der Waals surface area contributed by atoms with Gasteiger partial charge >= 0.3 is 0 Å². The Morgan fingerprint density at radius 2 is 1.77 bits per heavy atom. The Labute approximate surface area is 181 Å². The molecule has 2 aromatic carbocycles. The first-order valence-corrected chi connectivity index (χ1v) is 10.7. The van der Waals surface area contributed by atoms with Crippen LogP contribution in [0.25, 0.3) is 16.6 Å². The Kier molecular flexibility index (Phi) is 5.12. The normalized spacial score (nSPS) is 13.6. The molecule has 1 amide bonds. The van der Waals surface area contributed by atoms with Gasteiger partial charge in [-0.05, 0) is 37.1 Å². The van der Waals surface area contributed by atoms with Crippen molar-refractivity contribution in [1.29, 1.82) is 0 Å². The minimum Gasteiger partial charge on any atom is -0.356 e. The minimum absolute atomic E-state index is 0.0207. The topological polar surface area (TPSA) is 54.3 Å². The van der Waals surface area contributed by atoms with Crippen LogP contribution in [-0.4, -0.2) is 45.7 Å². The van der Waals surface area contributed by atoms with Crippen LogP contribution in [0.2, 0.25) is 0 Å². The predicted molar refractivity (Wildman–Crippen MR) is 123 cm³/mol. The van der Waals surface area contributed by atoms with Crippen LogP contribution in [0.3, 0.4) is 0 Å². The molecule has 0 atom stereocenters. The summed E-state index contributed by atoms with van der Waals surface area (Å²) in [6.45, 7) is 2.37. The fraction of sp³-hybridized carbons (Fsp3) is 0.240. The van der Waals surface area contributed by atoms with E-state index in [2.05, 4.69) is 10.00 Å². The Bertz CT molecular complexity index is 1210. The first-order valence-electron chi connectivity index (χ1n) is 10.7. The molecule has 0 N–H and O–H groups in total. The number of carbonyl (C=O) groups excluding carboxylic acids is 1. The van der Waals surface area contributed by atoms with Gasteiger partial charge in [-0.15, -0.1) is 0 Å².